The number of hydrogen-bond acceptors (Lipinski definition) is 1. The highest BCUT2D eigenvalue weighted by Gasteiger charge is 2.44. The molecule has 2 aliphatic carbocycles. The third kappa shape index (κ3) is 2.92. The molecule has 1 fully saturated rings. The first-order valence-corrected chi connectivity index (χ1v) is 7.87. The monoisotopic (exact) mass is 255 g/mol. The SMILES string of the molecule is CCCNC(C1=CCCC1)C1CC1c1ccccc1. The second kappa shape index (κ2) is 5.92. The van der Waals surface area contributed by atoms with E-state index in [2.05, 4.69) is 48.6 Å². The third-order valence-electron chi connectivity index (χ3n) is 4.59. The fraction of sp³-hybridized carbons (Fsp3) is 0.556. The molecule has 0 saturated heterocycles. The van der Waals surface area contributed by atoms with Crippen LogP contribution >= 0.6 is 0 Å². The van der Waals surface area contributed by atoms with Crippen LogP contribution in [0.5, 0.6) is 0 Å². The van der Waals surface area contributed by atoms with Crippen molar-refractivity contribution in [3.05, 3.63) is 47.5 Å². The Kier molecular flexibility index (Phi) is 4.03. The van der Waals surface area contributed by atoms with E-state index in [0.29, 0.717) is 6.04 Å². The molecule has 3 unspecified atom stereocenters. The van der Waals surface area contributed by atoms with Crippen molar-refractivity contribution in [2.24, 2.45) is 5.92 Å². The van der Waals surface area contributed by atoms with Crippen LogP contribution in [0.15, 0.2) is 42.0 Å². The quantitative estimate of drug-likeness (QED) is 0.749. The minimum atomic E-state index is 0.646. The van der Waals surface area contributed by atoms with E-state index in [-0.39, 0.29) is 0 Å². The molecule has 1 heteroatoms. The van der Waals surface area contributed by atoms with E-state index in [1.165, 1.54) is 37.7 Å². The van der Waals surface area contributed by atoms with Crippen LogP contribution in [-0.2, 0) is 0 Å². The summed E-state index contributed by atoms with van der Waals surface area (Å²) in [5.74, 6) is 1.62. The molecule has 0 spiro atoms. The topological polar surface area (TPSA) is 12.0 Å². The normalized spacial score (nSPS) is 27.1. The molecule has 19 heavy (non-hydrogen) atoms. The summed E-state index contributed by atoms with van der Waals surface area (Å²) in [5, 5.41) is 3.80. The Bertz CT molecular complexity index is 434. The van der Waals surface area contributed by atoms with E-state index in [9.17, 15) is 0 Å². The maximum absolute atomic E-state index is 3.80. The maximum Gasteiger partial charge on any atom is 0.0313 e. The fourth-order valence-electron chi connectivity index (χ4n) is 3.50. The van der Waals surface area contributed by atoms with Gasteiger partial charge in [-0.3, -0.25) is 0 Å². The van der Waals surface area contributed by atoms with Gasteiger partial charge in [0.25, 0.3) is 0 Å². The molecule has 0 aliphatic heterocycles. The van der Waals surface area contributed by atoms with Crippen LogP contribution in [0.4, 0.5) is 0 Å². The molecular formula is C18H25N. The van der Waals surface area contributed by atoms with Crippen LogP contribution < -0.4 is 5.32 Å². The van der Waals surface area contributed by atoms with Gasteiger partial charge >= 0.3 is 0 Å². The molecular weight excluding hydrogens is 230 g/mol. The van der Waals surface area contributed by atoms with Gasteiger partial charge in [0.1, 0.15) is 0 Å². The molecule has 1 aromatic carbocycles. The first-order valence-electron chi connectivity index (χ1n) is 7.87. The molecule has 1 N–H and O–H groups in total. The van der Waals surface area contributed by atoms with E-state index in [0.717, 1.165) is 18.4 Å². The van der Waals surface area contributed by atoms with Crippen molar-refractivity contribution in [1.82, 2.24) is 5.32 Å². The zero-order chi connectivity index (χ0) is 13.1. The van der Waals surface area contributed by atoms with E-state index < -0.39 is 0 Å². The molecule has 1 nitrogen and oxygen atoms in total. The zero-order valence-electron chi connectivity index (χ0n) is 11.9. The Labute approximate surface area is 117 Å². The lowest BCUT2D eigenvalue weighted by Crippen LogP contribution is -2.33. The van der Waals surface area contributed by atoms with Crippen molar-refractivity contribution >= 4 is 0 Å². The van der Waals surface area contributed by atoms with Crippen LogP contribution in [0.2, 0.25) is 0 Å². The number of nitrogens with one attached hydrogen (secondary N) is 1. The number of hydrogen-bond donors (Lipinski definition) is 1. The first kappa shape index (κ1) is 12.9. The van der Waals surface area contributed by atoms with Gasteiger partial charge in [0, 0.05) is 6.04 Å². The highest BCUT2D eigenvalue weighted by molar-refractivity contribution is 5.30. The molecule has 0 radical (unpaired) electrons. The van der Waals surface area contributed by atoms with Gasteiger partial charge in [0.2, 0.25) is 0 Å². The van der Waals surface area contributed by atoms with Crippen LogP contribution in [0.3, 0.4) is 0 Å². The summed E-state index contributed by atoms with van der Waals surface area (Å²) in [6.45, 7) is 3.41. The first-order chi connectivity index (χ1) is 9.40. The van der Waals surface area contributed by atoms with Gasteiger partial charge in [0.05, 0.1) is 0 Å². The van der Waals surface area contributed by atoms with Crippen molar-refractivity contribution < 1.29 is 0 Å². The van der Waals surface area contributed by atoms with Gasteiger partial charge in [-0.05, 0) is 56.0 Å². The maximum atomic E-state index is 3.80. The van der Waals surface area contributed by atoms with Crippen molar-refractivity contribution in [2.75, 3.05) is 6.54 Å². The van der Waals surface area contributed by atoms with Gasteiger partial charge in [-0.2, -0.15) is 0 Å². The van der Waals surface area contributed by atoms with Gasteiger partial charge < -0.3 is 5.32 Å². The predicted octanol–water partition coefficient (Wildman–Crippen LogP) is 4.27. The molecule has 0 aromatic heterocycles. The summed E-state index contributed by atoms with van der Waals surface area (Å²) in [6, 6.07) is 11.7. The Morgan fingerprint density at radius 3 is 2.79 bits per heavy atom. The number of allylic oxidation sites excluding steroid dienone is 1. The highest BCUT2D eigenvalue weighted by atomic mass is 14.9. The van der Waals surface area contributed by atoms with E-state index in [4.69, 9.17) is 0 Å². The summed E-state index contributed by atoms with van der Waals surface area (Å²) in [6.07, 6.45) is 9.06. The summed E-state index contributed by atoms with van der Waals surface area (Å²) in [7, 11) is 0. The third-order valence-corrected chi connectivity index (χ3v) is 4.59. The Balaban J connectivity index is 1.68. The fourth-order valence-corrected chi connectivity index (χ4v) is 3.50. The minimum absolute atomic E-state index is 0.646. The predicted molar refractivity (Wildman–Crippen MR) is 81.3 cm³/mol. The summed E-state index contributed by atoms with van der Waals surface area (Å²) < 4.78 is 0. The smallest absolute Gasteiger partial charge is 0.0313 e. The van der Waals surface area contributed by atoms with Crippen LogP contribution in [0.25, 0.3) is 0 Å². The summed E-state index contributed by atoms with van der Waals surface area (Å²) in [4.78, 5) is 0. The average molecular weight is 255 g/mol. The largest absolute Gasteiger partial charge is 0.310 e. The van der Waals surface area contributed by atoms with Gasteiger partial charge in [-0.15, -0.1) is 0 Å². The van der Waals surface area contributed by atoms with E-state index >= 15 is 0 Å². The highest BCUT2D eigenvalue weighted by Crippen LogP contribution is 2.51. The summed E-state index contributed by atoms with van der Waals surface area (Å²) in [5.41, 5.74) is 3.23. The van der Waals surface area contributed by atoms with Crippen molar-refractivity contribution in [1.29, 1.82) is 0 Å². The van der Waals surface area contributed by atoms with Crippen LogP contribution in [-0.4, -0.2) is 12.6 Å². The molecule has 1 saturated carbocycles. The Morgan fingerprint density at radius 1 is 1.26 bits per heavy atom. The van der Waals surface area contributed by atoms with Gasteiger partial charge in [0.15, 0.2) is 0 Å². The lowest BCUT2D eigenvalue weighted by Gasteiger charge is -2.20. The summed E-state index contributed by atoms with van der Waals surface area (Å²) >= 11 is 0. The molecule has 1 aromatic rings. The lowest BCUT2D eigenvalue weighted by atomic mass is 9.98. The number of benzene rings is 1. The minimum Gasteiger partial charge on any atom is -0.310 e. The lowest BCUT2D eigenvalue weighted by molar-refractivity contribution is 0.499. The molecule has 3 rings (SSSR count). The van der Waals surface area contributed by atoms with Crippen molar-refractivity contribution in [3.8, 4) is 0 Å². The Morgan fingerprint density at radius 2 is 2.11 bits per heavy atom. The standard InChI is InChI=1S/C18H25N/c1-2-12-19-18(15-10-6-7-11-15)17-13-16(17)14-8-4-3-5-9-14/h3-5,8-10,16-19H,2,6-7,11-13H2,1H3. The van der Waals surface area contributed by atoms with Gasteiger partial charge in [-0.25, -0.2) is 0 Å². The van der Waals surface area contributed by atoms with E-state index in [1.54, 1.807) is 5.57 Å². The average Bonchev–Trinajstić information content (AvgIpc) is 3.05. The molecule has 2 aliphatic rings. The molecule has 102 valence electrons. The van der Waals surface area contributed by atoms with Crippen LogP contribution in [0, 0.1) is 5.92 Å². The molecule has 0 heterocycles. The zero-order valence-corrected chi connectivity index (χ0v) is 11.9. The van der Waals surface area contributed by atoms with E-state index in [1.807, 2.05) is 0 Å². The number of rotatable bonds is 6. The van der Waals surface area contributed by atoms with Crippen molar-refractivity contribution in [2.45, 2.75) is 51.0 Å². The second-order valence-electron chi connectivity index (χ2n) is 6.02. The Hall–Kier alpha value is -1.08. The van der Waals surface area contributed by atoms with Crippen molar-refractivity contribution in [3.63, 3.8) is 0 Å². The molecule has 0 amide bonds. The second-order valence-corrected chi connectivity index (χ2v) is 6.02. The molecule has 0 bridgehead atoms. The molecule has 3 atom stereocenters. The van der Waals surface area contributed by atoms with Gasteiger partial charge in [-0.1, -0.05) is 48.9 Å². The van der Waals surface area contributed by atoms with Crippen LogP contribution in [0.1, 0.15) is 50.5 Å².